The van der Waals surface area contributed by atoms with E-state index in [-0.39, 0.29) is 11.5 Å². The molecule has 0 saturated carbocycles. The van der Waals surface area contributed by atoms with Crippen LogP contribution in [0, 0.1) is 34.7 Å². The highest BCUT2D eigenvalue weighted by molar-refractivity contribution is 6.01. The van der Waals surface area contributed by atoms with E-state index < -0.39 is 10.5 Å². The molecule has 29 heavy (non-hydrogen) atoms. The minimum atomic E-state index is -0.443. The highest BCUT2D eigenvalue weighted by Gasteiger charge is 2.42. The Hall–Kier alpha value is -3.47. The summed E-state index contributed by atoms with van der Waals surface area (Å²) in [7, 11) is 0. The molecule has 0 atom stereocenters. The molecule has 0 N–H and O–H groups in total. The third-order valence-electron chi connectivity index (χ3n) is 5.18. The average Bonchev–Trinajstić information content (AvgIpc) is 3.09. The number of aromatic nitrogens is 1. The molecule has 1 fully saturated rings. The van der Waals surface area contributed by atoms with Gasteiger partial charge in [0.05, 0.1) is 4.92 Å². The first-order valence-corrected chi connectivity index (χ1v) is 9.34. The Bertz CT molecular complexity index is 1050. The Balaban J connectivity index is 1.42. The largest absolute Gasteiger partial charge is 0.388 e. The van der Waals surface area contributed by atoms with Crippen molar-refractivity contribution in [3.63, 3.8) is 0 Å². The highest BCUT2D eigenvalue weighted by Crippen LogP contribution is 2.37. The summed E-state index contributed by atoms with van der Waals surface area (Å²) in [6, 6.07) is 9.24. The molecule has 2 aromatic rings. The number of halogens is 1. The van der Waals surface area contributed by atoms with Crippen molar-refractivity contribution in [1.29, 1.82) is 0 Å². The molecule has 2 aliphatic heterocycles. The van der Waals surface area contributed by atoms with E-state index in [1.165, 1.54) is 18.2 Å². The normalized spacial score (nSPS) is 17.3. The Labute approximate surface area is 167 Å². The van der Waals surface area contributed by atoms with Gasteiger partial charge in [-0.2, -0.15) is 0 Å². The second-order valence-electron chi connectivity index (χ2n) is 7.29. The minimum absolute atomic E-state index is 0.0109. The van der Waals surface area contributed by atoms with Crippen LogP contribution in [0.25, 0.3) is 0 Å². The summed E-state index contributed by atoms with van der Waals surface area (Å²) in [5.41, 5.74) is 1.52. The molecule has 3 heterocycles. The summed E-state index contributed by atoms with van der Waals surface area (Å²) in [5.74, 6) is 5.95. The van der Waals surface area contributed by atoms with Crippen LogP contribution in [-0.4, -0.2) is 34.3 Å². The van der Waals surface area contributed by atoms with Crippen LogP contribution in [0.1, 0.15) is 30.5 Å². The lowest BCUT2D eigenvalue weighted by atomic mass is 9.87. The van der Waals surface area contributed by atoms with Gasteiger partial charge in [-0.05, 0) is 37.1 Å². The van der Waals surface area contributed by atoms with E-state index >= 15 is 0 Å². The van der Waals surface area contributed by atoms with Crippen LogP contribution in [-0.2, 0) is 4.84 Å². The van der Waals surface area contributed by atoms with E-state index in [2.05, 4.69) is 22.0 Å². The van der Waals surface area contributed by atoms with Crippen LogP contribution in [0.4, 0.5) is 15.9 Å². The second kappa shape index (κ2) is 7.51. The fourth-order valence-corrected chi connectivity index (χ4v) is 3.60. The zero-order chi connectivity index (χ0) is 20.4. The van der Waals surface area contributed by atoms with Crippen LogP contribution in [0.3, 0.4) is 0 Å². The maximum atomic E-state index is 13.3. The van der Waals surface area contributed by atoms with Gasteiger partial charge in [0.25, 0.3) is 0 Å². The van der Waals surface area contributed by atoms with Crippen molar-refractivity contribution in [3.8, 4) is 11.8 Å². The van der Waals surface area contributed by atoms with Crippen LogP contribution in [0.5, 0.6) is 0 Å². The van der Waals surface area contributed by atoms with Gasteiger partial charge in [-0.1, -0.05) is 17.1 Å². The topological polar surface area (TPSA) is 80.9 Å². The predicted octanol–water partition coefficient (Wildman–Crippen LogP) is 3.60. The molecule has 4 rings (SSSR count). The van der Waals surface area contributed by atoms with E-state index in [9.17, 15) is 14.5 Å². The first-order valence-electron chi connectivity index (χ1n) is 9.34. The molecular formula is C21H19FN4O3. The number of nitro groups is 1. The standard InChI is InChI=1S/C21H19FN4O3/c1-15-5-8-19(26(27)28)20(23-15)25-11-9-21(10-12-25)14-18(24-29-21)7-6-16-3-2-4-17(22)13-16/h2-5,8,13H,9-12,14H2,1H3. The molecule has 0 bridgehead atoms. The highest BCUT2D eigenvalue weighted by atomic mass is 19.1. The van der Waals surface area contributed by atoms with Gasteiger partial charge in [0.15, 0.2) is 0 Å². The molecule has 0 aliphatic carbocycles. The van der Waals surface area contributed by atoms with Gasteiger partial charge in [-0.3, -0.25) is 10.1 Å². The number of hydrogen-bond donors (Lipinski definition) is 0. The van der Waals surface area contributed by atoms with Gasteiger partial charge in [0.1, 0.15) is 17.1 Å². The number of anilines is 1. The van der Waals surface area contributed by atoms with Gasteiger partial charge in [-0.15, -0.1) is 0 Å². The van der Waals surface area contributed by atoms with Crippen molar-refractivity contribution in [3.05, 3.63) is 63.6 Å². The van der Waals surface area contributed by atoms with Crippen molar-refractivity contribution >= 4 is 17.2 Å². The molecule has 1 aromatic heterocycles. The summed E-state index contributed by atoms with van der Waals surface area (Å²) in [6.07, 6.45) is 1.90. The molecule has 1 aromatic carbocycles. The number of piperidine rings is 1. The molecule has 1 saturated heterocycles. The fraction of sp³-hybridized carbons (Fsp3) is 0.333. The lowest BCUT2D eigenvalue weighted by Crippen LogP contribution is -2.45. The van der Waals surface area contributed by atoms with Crippen molar-refractivity contribution in [2.24, 2.45) is 5.16 Å². The van der Waals surface area contributed by atoms with Crippen LogP contribution in [0.15, 0.2) is 41.6 Å². The molecule has 2 aliphatic rings. The number of hydrogen-bond acceptors (Lipinski definition) is 6. The Morgan fingerprint density at radius 2 is 2.03 bits per heavy atom. The first-order chi connectivity index (χ1) is 13.9. The minimum Gasteiger partial charge on any atom is -0.388 e. The molecule has 7 nitrogen and oxygen atoms in total. The van der Waals surface area contributed by atoms with Gasteiger partial charge in [-0.25, -0.2) is 9.37 Å². The Morgan fingerprint density at radius 1 is 1.24 bits per heavy atom. The summed E-state index contributed by atoms with van der Waals surface area (Å²) in [5, 5.41) is 15.5. The average molecular weight is 394 g/mol. The lowest BCUT2D eigenvalue weighted by molar-refractivity contribution is -0.384. The molecule has 148 valence electrons. The number of oxime groups is 1. The van der Waals surface area contributed by atoms with Gasteiger partial charge < -0.3 is 9.74 Å². The maximum absolute atomic E-state index is 13.3. The van der Waals surface area contributed by atoms with Crippen molar-refractivity contribution in [2.75, 3.05) is 18.0 Å². The van der Waals surface area contributed by atoms with Crippen LogP contribution < -0.4 is 4.90 Å². The Kier molecular flexibility index (Phi) is 4.89. The number of aryl methyl sites for hydroxylation is 1. The number of rotatable bonds is 2. The molecule has 1 spiro atoms. The lowest BCUT2D eigenvalue weighted by Gasteiger charge is -2.37. The fourth-order valence-electron chi connectivity index (χ4n) is 3.60. The summed E-state index contributed by atoms with van der Waals surface area (Å²) in [6.45, 7) is 2.98. The van der Waals surface area contributed by atoms with Crippen LogP contribution in [0.2, 0.25) is 0 Å². The zero-order valence-corrected chi connectivity index (χ0v) is 15.9. The van der Waals surface area contributed by atoms with Gasteiger partial charge >= 0.3 is 5.69 Å². The summed E-state index contributed by atoms with van der Waals surface area (Å²) < 4.78 is 13.3. The maximum Gasteiger partial charge on any atom is 0.311 e. The third-order valence-corrected chi connectivity index (χ3v) is 5.18. The third kappa shape index (κ3) is 4.04. The first kappa shape index (κ1) is 18.9. The van der Waals surface area contributed by atoms with E-state index in [0.29, 0.717) is 49.4 Å². The zero-order valence-electron chi connectivity index (χ0n) is 15.9. The van der Waals surface area contributed by atoms with E-state index in [0.717, 1.165) is 5.69 Å². The van der Waals surface area contributed by atoms with Crippen molar-refractivity contribution in [1.82, 2.24) is 4.98 Å². The number of pyridine rings is 1. The second-order valence-corrected chi connectivity index (χ2v) is 7.29. The van der Waals surface area contributed by atoms with Crippen molar-refractivity contribution in [2.45, 2.75) is 31.8 Å². The van der Waals surface area contributed by atoms with Gasteiger partial charge in [0.2, 0.25) is 5.82 Å². The van der Waals surface area contributed by atoms with Crippen molar-refractivity contribution < 1.29 is 14.2 Å². The number of nitrogens with zero attached hydrogens (tertiary/aromatic N) is 4. The van der Waals surface area contributed by atoms with E-state index in [4.69, 9.17) is 4.84 Å². The Morgan fingerprint density at radius 3 is 2.76 bits per heavy atom. The monoisotopic (exact) mass is 394 g/mol. The summed E-state index contributed by atoms with van der Waals surface area (Å²) >= 11 is 0. The quantitative estimate of drug-likeness (QED) is 0.442. The van der Waals surface area contributed by atoms with Gasteiger partial charge in [0, 0.05) is 49.7 Å². The smallest absolute Gasteiger partial charge is 0.311 e. The number of benzene rings is 1. The van der Waals surface area contributed by atoms with E-state index in [1.807, 2.05) is 11.8 Å². The summed E-state index contributed by atoms with van der Waals surface area (Å²) in [4.78, 5) is 23.0. The SMILES string of the molecule is Cc1ccc([N+](=O)[O-])c(N2CCC3(CC2)CC(C#Cc2cccc(F)c2)=NO3)n1. The molecule has 0 amide bonds. The van der Waals surface area contributed by atoms with Crippen LogP contribution >= 0.6 is 0 Å². The molecule has 0 radical (unpaired) electrons. The predicted molar refractivity (Wildman–Crippen MR) is 106 cm³/mol. The molecule has 0 unspecified atom stereocenters. The van der Waals surface area contributed by atoms with E-state index in [1.54, 1.807) is 18.2 Å². The molecular weight excluding hydrogens is 375 g/mol. The molecule has 8 heteroatoms.